The first-order valence-electron chi connectivity index (χ1n) is 5.42. The Morgan fingerprint density at radius 1 is 1.41 bits per heavy atom. The molecule has 0 spiro atoms. The highest BCUT2D eigenvalue weighted by Crippen LogP contribution is 2.14. The second kappa shape index (κ2) is 9.02. The van der Waals surface area contributed by atoms with E-state index in [-0.39, 0.29) is 24.5 Å². The first kappa shape index (κ1) is 17.0. The largest absolute Gasteiger partial charge is 0.411 e. The third-order valence-corrected chi connectivity index (χ3v) is 3.40. The van der Waals surface area contributed by atoms with Crippen LogP contribution in [0.25, 0.3) is 0 Å². The van der Waals surface area contributed by atoms with E-state index in [9.17, 15) is 13.2 Å². The molecule has 0 rings (SSSR count). The molecule has 0 aliphatic rings. The van der Waals surface area contributed by atoms with Crippen molar-refractivity contribution in [3.63, 3.8) is 0 Å². The van der Waals surface area contributed by atoms with Crippen LogP contribution in [0.1, 0.15) is 13.3 Å². The van der Waals surface area contributed by atoms with E-state index in [4.69, 9.17) is 5.11 Å². The summed E-state index contributed by atoms with van der Waals surface area (Å²) >= 11 is 1.56. The summed E-state index contributed by atoms with van der Waals surface area (Å²) in [7, 11) is 0. The van der Waals surface area contributed by atoms with E-state index < -0.39 is 12.8 Å². The van der Waals surface area contributed by atoms with Crippen molar-refractivity contribution in [3.05, 3.63) is 0 Å². The predicted molar refractivity (Wildman–Crippen MR) is 63.3 cm³/mol. The van der Waals surface area contributed by atoms with Gasteiger partial charge in [0.1, 0.15) is 6.61 Å². The van der Waals surface area contributed by atoms with Gasteiger partial charge in [-0.25, -0.2) is 0 Å². The van der Waals surface area contributed by atoms with Crippen molar-refractivity contribution in [3.8, 4) is 0 Å². The maximum absolute atomic E-state index is 11.7. The van der Waals surface area contributed by atoms with Gasteiger partial charge >= 0.3 is 6.18 Å². The van der Waals surface area contributed by atoms with Crippen LogP contribution in [0.4, 0.5) is 13.2 Å². The van der Waals surface area contributed by atoms with E-state index >= 15 is 0 Å². The molecule has 0 saturated carbocycles. The van der Waals surface area contributed by atoms with Gasteiger partial charge in [0.25, 0.3) is 0 Å². The minimum Gasteiger partial charge on any atom is -0.395 e. The van der Waals surface area contributed by atoms with E-state index in [0.29, 0.717) is 13.0 Å². The summed E-state index contributed by atoms with van der Waals surface area (Å²) in [5, 5.41) is 12.3. The molecular weight excluding hydrogens is 255 g/mol. The molecule has 0 aromatic heterocycles. The topological polar surface area (TPSA) is 41.5 Å². The summed E-state index contributed by atoms with van der Waals surface area (Å²) in [6.45, 7) is 1.50. The van der Waals surface area contributed by atoms with Crippen molar-refractivity contribution >= 4 is 11.8 Å². The van der Waals surface area contributed by atoms with Gasteiger partial charge < -0.3 is 15.2 Å². The lowest BCUT2D eigenvalue weighted by atomic mass is 10.2. The average molecular weight is 275 g/mol. The van der Waals surface area contributed by atoms with Gasteiger partial charge in [-0.2, -0.15) is 24.9 Å². The molecule has 0 radical (unpaired) electrons. The first-order valence-corrected chi connectivity index (χ1v) is 6.71. The summed E-state index contributed by atoms with van der Waals surface area (Å²) in [4.78, 5) is 0. The van der Waals surface area contributed by atoms with Crippen LogP contribution in [0.5, 0.6) is 0 Å². The lowest BCUT2D eigenvalue weighted by molar-refractivity contribution is -0.173. The highest BCUT2D eigenvalue weighted by Gasteiger charge is 2.27. The quantitative estimate of drug-likeness (QED) is 0.628. The van der Waals surface area contributed by atoms with Crippen molar-refractivity contribution in [2.45, 2.75) is 30.8 Å². The molecule has 0 heterocycles. The highest BCUT2D eigenvalue weighted by atomic mass is 32.2. The maximum Gasteiger partial charge on any atom is 0.411 e. The van der Waals surface area contributed by atoms with Gasteiger partial charge in [0, 0.05) is 17.9 Å². The maximum atomic E-state index is 11.7. The molecule has 0 aliphatic carbocycles. The van der Waals surface area contributed by atoms with Crippen molar-refractivity contribution in [2.24, 2.45) is 0 Å². The van der Waals surface area contributed by atoms with Crippen molar-refractivity contribution in [1.29, 1.82) is 0 Å². The number of alkyl halides is 3. The molecule has 0 aliphatic heterocycles. The molecule has 0 fully saturated rings. The molecule has 0 aromatic rings. The van der Waals surface area contributed by atoms with Gasteiger partial charge in [-0.1, -0.05) is 0 Å². The summed E-state index contributed by atoms with van der Waals surface area (Å²) in [6, 6.07) is 0.123. The van der Waals surface area contributed by atoms with Crippen LogP contribution in [0.15, 0.2) is 0 Å². The Hall–Kier alpha value is 0.0200. The molecule has 3 nitrogen and oxygen atoms in total. The molecule has 0 bridgehead atoms. The second-order valence-corrected chi connectivity index (χ2v) is 4.80. The number of rotatable bonds is 9. The molecule has 2 N–H and O–H groups in total. The van der Waals surface area contributed by atoms with E-state index in [0.717, 1.165) is 0 Å². The number of ether oxygens (including phenoxy) is 1. The Morgan fingerprint density at radius 3 is 2.53 bits per heavy atom. The number of hydrogen-bond acceptors (Lipinski definition) is 4. The first-order chi connectivity index (χ1) is 7.90. The molecule has 0 aromatic carbocycles. The Morgan fingerprint density at radius 2 is 2.06 bits per heavy atom. The molecule has 17 heavy (non-hydrogen) atoms. The zero-order chi connectivity index (χ0) is 13.3. The number of aliphatic hydroxyl groups excluding tert-OH is 1. The Balaban J connectivity index is 3.45. The van der Waals surface area contributed by atoms with Crippen LogP contribution in [-0.4, -0.2) is 55.2 Å². The van der Waals surface area contributed by atoms with E-state index in [1.165, 1.54) is 0 Å². The van der Waals surface area contributed by atoms with Crippen LogP contribution in [0.3, 0.4) is 0 Å². The van der Waals surface area contributed by atoms with Crippen LogP contribution in [0.2, 0.25) is 0 Å². The van der Waals surface area contributed by atoms with E-state index in [1.54, 1.807) is 11.8 Å². The Kier molecular flexibility index (Phi) is 9.03. The van der Waals surface area contributed by atoms with Gasteiger partial charge in [-0.15, -0.1) is 0 Å². The van der Waals surface area contributed by atoms with Crippen molar-refractivity contribution in [2.75, 3.05) is 32.6 Å². The smallest absolute Gasteiger partial charge is 0.395 e. The molecule has 0 saturated heterocycles. The molecule has 7 heteroatoms. The number of nitrogens with one attached hydrogen (secondary N) is 1. The summed E-state index contributed by atoms with van der Waals surface area (Å²) in [6.07, 6.45) is -1.82. The summed E-state index contributed by atoms with van der Waals surface area (Å²) < 4.78 is 39.6. The zero-order valence-corrected chi connectivity index (χ0v) is 10.9. The van der Waals surface area contributed by atoms with Crippen LogP contribution >= 0.6 is 11.8 Å². The molecule has 2 atom stereocenters. The Bertz CT molecular complexity index is 189. The van der Waals surface area contributed by atoms with Crippen LogP contribution in [0, 0.1) is 0 Å². The SMILES string of the molecule is CSC(CO)C(C)NCCCOCC(F)(F)F. The van der Waals surface area contributed by atoms with Crippen LogP contribution < -0.4 is 5.32 Å². The van der Waals surface area contributed by atoms with Gasteiger partial charge in [0.05, 0.1) is 6.61 Å². The molecule has 0 amide bonds. The average Bonchev–Trinajstić information content (AvgIpc) is 2.23. The zero-order valence-electron chi connectivity index (χ0n) is 10.1. The van der Waals surface area contributed by atoms with Gasteiger partial charge in [0.15, 0.2) is 0 Å². The number of halogens is 3. The van der Waals surface area contributed by atoms with Crippen molar-refractivity contribution in [1.82, 2.24) is 5.32 Å². The third kappa shape index (κ3) is 9.70. The van der Waals surface area contributed by atoms with Crippen molar-refractivity contribution < 1.29 is 23.0 Å². The minimum absolute atomic E-state index is 0.0832. The van der Waals surface area contributed by atoms with Gasteiger partial charge in [0.2, 0.25) is 0 Å². The fraction of sp³-hybridized carbons (Fsp3) is 1.00. The molecular formula is C10H20F3NO2S. The molecule has 2 unspecified atom stereocenters. The highest BCUT2D eigenvalue weighted by molar-refractivity contribution is 7.99. The van der Waals surface area contributed by atoms with Gasteiger partial charge in [-0.3, -0.25) is 0 Å². The Labute approximate surface area is 104 Å². The predicted octanol–water partition coefficient (Wildman–Crippen LogP) is 1.66. The summed E-state index contributed by atoms with van der Waals surface area (Å²) in [5.41, 5.74) is 0. The van der Waals surface area contributed by atoms with E-state index in [1.807, 2.05) is 13.2 Å². The fourth-order valence-electron chi connectivity index (χ4n) is 1.26. The molecule has 104 valence electrons. The second-order valence-electron chi connectivity index (χ2n) is 3.72. The van der Waals surface area contributed by atoms with Crippen LogP contribution in [-0.2, 0) is 4.74 Å². The lowest BCUT2D eigenvalue weighted by Gasteiger charge is -2.21. The normalized spacial score (nSPS) is 15.9. The number of thioether (sulfide) groups is 1. The van der Waals surface area contributed by atoms with Gasteiger partial charge in [-0.05, 0) is 26.1 Å². The monoisotopic (exact) mass is 275 g/mol. The third-order valence-electron chi connectivity index (χ3n) is 2.24. The fourth-order valence-corrected chi connectivity index (χ4v) is 1.91. The minimum atomic E-state index is -4.25. The lowest BCUT2D eigenvalue weighted by Crippen LogP contribution is -2.38. The summed E-state index contributed by atoms with van der Waals surface area (Å²) in [5.74, 6) is 0. The number of hydrogen-bond donors (Lipinski definition) is 2. The van der Waals surface area contributed by atoms with E-state index in [2.05, 4.69) is 10.1 Å². The standard InChI is InChI=1S/C10H20F3NO2S/c1-8(9(6-15)17-2)14-4-3-5-16-7-10(11,12)13/h8-9,14-15H,3-7H2,1-2H3. The number of aliphatic hydroxyl groups is 1.